The molecule has 1 aliphatic heterocycles. The number of likely N-dealkylation sites (N-methyl/N-ethyl adjacent to an activating group) is 2. The number of hydrogen-bond donors (Lipinski definition) is 2. The van der Waals surface area contributed by atoms with Crippen LogP contribution in [0.2, 0.25) is 0 Å². The maximum absolute atomic E-state index is 12.6. The number of likely N-dealkylation sites (tertiary alicyclic amines) is 1. The van der Waals surface area contributed by atoms with E-state index in [-0.39, 0.29) is 11.9 Å². The van der Waals surface area contributed by atoms with Gasteiger partial charge < -0.3 is 29.3 Å². The number of aromatic nitrogens is 2. The van der Waals surface area contributed by atoms with Crippen LogP contribution in [0.15, 0.2) is 42.6 Å². The maximum Gasteiger partial charge on any atom is 0.278 e. The van der Waals surface area contributed by atoms with Crippen LogP contribution < -0.4 is 24.8 Å². The van der Waals surface area contributed by atoms with Gasteiger partial charge in [0.1, 0.15) is 18.4 Å². The molecule has 0 radical (unpaired) electrons. The molecule has 0 spiro atoms. The second-order valence-corrected chi connectivity index (χ2v) is 9.42. The molecule has 2 atom stereocenters. The smallest absolute Gasteiger partial charge is 0.278 e. The van der Waals surface area contributed by atoms with Crippen LogP contribution in [0.3, 0.4) is 0 Å². The first kappa shape index (κ1) is 26.7. The van der Waals surface area contributed by atoms with E-state index in [1.165, 1.54) is 7.11 Å². The fourth-order valence-electron chi connectivity index (χ4n) is 5.17. The molecule has 10 nitrogen and oxygen atoms in total. The number of nitrogens with zero attached hydrogens (tertiary/aromatic N) is 4. The van der Waals surface area contributed by atoms with Gasteiger partial charge in [0.25, 0.3) is 5.91 Å². The standard InChI is InChI=1S/C28H32N6O4/c1-30-27(35)23-7-6-12-34(23,2)17-20-14-21(15-25(37-4)26(20)38-5)32-28-31-11-10-22(33-28)18-8-9-24(36-3)19(13-18)16-29/h8-11,13-15,23H,6-7,12,17H2,1-5H3,(H-,30,31,32,33,35)/p+1/t23-,34?/m0/s1. The Labute approximate surface area is 222 Å². The zero-order valence-corrected chi connectivity index (χ0v) is 22.4. The van der Waals surface area contributed by atoms with Crippen LogP contribution in [0.25, 0.3) is 11.3 Å². The maximum atomic E-state index is 12.6. The van der Waals surface area contributed by atoms with E-state index in [1.807, 2.05) is 18.2 Å². The summed E-state index contributed by atoms with van der Waals surface area (Å²) < 4.78 is 17.2. The van der Waals surface area contributed by atoms with Crippen molar-refractivity contribution in [2.75, 3.05) is 47.3 Å². The van der Waals surface area contributed by atoms with Gasteiger partial charge in [0, 0.05) is 43.4 Å². The van der Waals surface area contributed by atoms with Gasteiger partial charge in [0.15, 0.2) is 17.5 Å². The van der Waals surface area contributed by atoms with Crippen molar-refractivity contribution in [3.63, 3.8) is 0 Å². The minimum Gasteiger partial charge on any atom is -0.495 e. The third-order valence-corrected chi connectivity index (χ3v) is 7.06. The average Bonchev–Trinajstić information content (AvgIpc) is 3.32. The second kappa shape index (κ2) is 11.4. The first-order valence-corrected chi connectivity index (χ1v) is 12.3. The van der Waals surface area contributed by atoms with E-state index < -0.39 is 0 Å². The SMILES string of the molecule is CNC(=O)[C@@H]1CCC[N+]1(C)Cc1cc(Nc2nccc(-c3ccc(OC)c(C#N)c3)n2)cc(OC)c1OC. The zero-order valence-electron chi connectivity index (χ0n) is 22.4. The third-order valence-electron chi connectivity index (χ3n) is 7.06. The van der Waals surface area contributed by atoms with Crippen molar-refractivity contribution in [2.24, 2.45) is 0 Å². The molecule has 1 aliphatic rings. The van der Waals surface area contributed by atoms with Crippen molar-refractivity contribution < 1.29 is 23.5 Å². The van der Waals surface area contributed by atoms with Crippen LogP contribution in [0.5, 0.6) is 17.2 Å². The number of hydrogen-bond acceptors (Lipinski definition) is 8. The number of carbonyl (C=O) groups is 1. The largest absolute Gasteiger partial charge is 0.495 e. The Kier molecular flexibility index (Phi) is 7.98. The number of carbonyl (C=O) groups excluding carboxylic acids is 1. The van der Waals surface area contributed by atoms with E-state index in [0.717, 1.165) is 36.2 Å². The molecule has 198 valence electrons. The van der Waals surface area contributed by atoms with Gasteiger partial charge in [-0.3, -0.25) is 4.79 Å². The first-order chi connectivity index (χ1) is 18.3. The molecule has 2 heterocycles. The molecule has 1 saturated heterocycles. The number of nitriles is 1. The predicted molar refractivity (Wildman–Crippen MR) is 143 cm³/mol. The summed E-state index contributed by atoms with van der Waals surface area (Å²) in [6.45, 7) is 1.48. The Hall–Kier alpha value is -4.36. The summed E-state index contributed by atoms with van der Waals surface area (Å²) in [4.78, 5) is 21.6. The van der Waals surface area contributed by atoms with Crippen LogP contribution in [0, 0.1) is 11.3 Å². The molecule has 10 heteroatoms. The monoisotopic (exact) mass is 517 g/mol. The highest BCUT2D eigenvalue weighted by atomic mass is 16.5. The van der Waals surface area contributed by atoms with Crippen molar-refractivity contribution in [1.82, 2.24) is 15.3 Å². The van der Waals surface area contributed by atoms with Gasteiger partial charge >= 0.3 is 0 Å². The lowest BCUT2D eigenvalue weighted by molar-refractivity contribution is -0.925. The highest BCUT2D eigenvalue weighted by Gasteiger charge is 2.43. The normalized spacial score (nSPS) is 18.4. The lowest BCUT2D eigenvalue weighted by Gasteiger charge is -2.35. The molecule has 1 amide bonds. The van der Waals surface area contributed by atoms with Crippen LogP contribution in [0.4, 0.5) is 11.6 Å². The lowest BCUT2D eigenvalue weighted by atomic mass is 10.1. The first-order valence-electron chi connectivity index (χ1n) is 12.3. The van der Waals surface area contributed by atoms with Crippen molar-refractivity contribution in [2.45, 2.75) is 25.4 Å². The van der Waals surface area contributed by atoms with Crippen LogP contribution in [0.1, 0.15) is 24.0 Å². The molecular weight excluding hydrogens is 484 g/mol. The number of amides is 1. The molecule has 0 bridgehead atoms. The fraction of sp³-hybridized carbons (Fsp3) is 0.357. The molecule has 0 saturated carbocycles. The zero-order chi connectivity index (χ0) is 27.3. The molecule has 4 rings (SSSR count). The van der Waals surface area contributed by atoms with E-state index in [0.29, 0.717) is 45.5 Å². The number of anilines is 2. The highest BCUT2D eigenvalue weighted by molar-refractivity contribution is 5.80. The number of ether oxygens (including phenoxy) is 3. The van der Waals surface area contributed by atoms with Crippen molar-refractivity contribution >= 4 is 17.5 Å². The summed E-state index contributed by atoms with van der Waals surface area (Å²) in [5.41, 5.74) is 3.50. The van der Waals surface area contributed by atoms with Gasteiger partial charge in [-0.25, -0.2) is 9.97 Å². The molecule has 1 unspecified atom stereocenters. The van der Waals surface area contributed by atoms with Crippen molar-refractivity contribution in [3.05, 3.63) is 53.7 Å². The van der Waals surface area contributed by atoms with E-state index in [9.17, 15) is 10.1 Å². The van der Waals surface area contributed by atoms with Gasteiger partial charge in [0.2, 0.25) is 5.95 Å². The topological polar surface area (TPSA) is 118 Å². The van der Waals surface area contributed by atoms with Gasteiger partial charge in [-0.15, -0.1) is 0 Å². The predicted octanol–water partition coefficient (Wildman–Crippen LogP) is 3.64. The highest BCUT2D eigenvalue weighted by Crippen LogP contribution is 2.39. The fourth-order valence-corrected chi connectivity index (χ4v) is 5.17. The summed E-state index contributed by atoms with van der Waals surface area (Å²) in [6.07, 6.45) is 3.48. The van der Waals surface area contributed by atoms with Crippen LogP contribution >= 0.6 is 0 Å². The van der Waals surface area contributed by atoms with E-state index in [1.54, 1.807) is 45.7 Å². The van der Waals surface area contributed by atoms with Crippen molar-refractivity contribution in [3.8, 4) is 34.6 Å². The molecule has 0 aliphatic carbocycles. The van der Waals surface area contributed by atoms with E-state index in [4.69, 9.17) is 14.2 Å². The average molecular weight is 518 g/mol. The van der Waals surface area contributed by atoms with Gasteiger partial charge in [0.05, 0.1) is 51.7 Å². The van der Waals surface area contributed by atoms with Crippen LogP contribution in [-0.4, -0.2) is 68.4 Å². The van der Waals surface area contributed by atoms with Crippen LogP contribution in [-0.2, 0) is 11.3 Å². The minimum absolute atomic E-state index is 0.0495. The quantitative estimate of drug-likeness (QED) is 0.413. The molecule has 2 aromatic carbocycles. The van der Waals surface area contributed by atoms with Gasteiger partial charge in [-0.2, -0.15) is 5.26 Å². The minimum atomic E-state index is -0.130. The van der Waals surface area contributed by atoms with Gasteiger partial charge in [-0.05, 0) is 30.3 Å². The Morgan fingerprint density at radius 1 is 1.13 bits per heavy atom. The Balaban J connectivity index is 1.67. The second-order valence-electron chi connectivity index (χ2n) is 9.42. The Morgan fingerprint density at radius 3 is 2.61 bits per heavy atom. The molecule has 2 N–H and O–H groups in total. The number of quaternary nitrogens is 1. The van der Waals surface area contributed by atoms with Crippen molar-refractivity contribution in [1.29, 1.82) is 5.26 Å². The Bertz CT molecular complexity index is 1370. The molecule has 1 aromatic heterocycles. The molecule has 1 fully saturated rings. The summed E-state index contributed by atoms with van der Waals surface area (Å²) in [7, 11) is 8.53. The van der Waals surface area contributed by atoms with E-state index >= 15 is 0 Å². The van der Waals surface area contributed by atoms with Gasteiger partial charge in [-0.1, -0.05) is 0 Å². The number of benzene rings is 2. The number of methoxy groups -OCH3 is 3. The molecule has 38 heavy (non-hydrogen) atoms. The summed E-state index contributed by atoms with van der Waals surface area (Å²) in [5.74, 6) is 2.15. The number of nitrogens with one attached hydrogen (secondary N) is 2. The third kappa shape index (κ3) is 5.33. The van der Waals surface area contributed by atoms with E-state index in [2.05, 4.69) is 33.7 Å². The molecular formula is C28H33N6O4+. The summed E-state index contributed by atoms with van der Waals surface area (Å²) >= 11 is 0. The summed E-state index contributed by atoms with van der Waals surface area (Å²) in [5, 5.41) is 15.5. The lowest BCUT2D eigenvalue weighted by Crippen LogP contribution is -2.53. The molecule has 3 aromatic rings. The summed E-state index contributed by atoms with van der Waals surface area (Å²) in [6, 6.07) is 13.0. The number of rotatable bonds is 9. The Morgan fingerprint density at radius 2 is 1.92 bits per heavy atom.